The topological polar surface area (TPSA) is 50.7 Å². The molecular weight excluding hydrogens is 395 g/mol. The standard InChI is InChI=1S/C15H21IN4S/c1-6-7-9-11(16)13(17-5)20-12(18-9)10-8-21-14(19-10)15(2,3)4/h8H,6-7H2,1-5H3,(H,17,18,20). The Balaban J connectivity index is 2.48. The monoisotopic (exact) mass is 416 g/mol. The van der Waals surface area contributed by atoms with E-state index in [4.69, 9.17) is 9.97 Å². The summed E-state index contributed by atoms with van der Waals surface area (Å²) in [6.45, 7) is 8.68. The number of hydrogen-bond donors (Lipinski definition) is 1. The Morgan fingerprint density at radius 2 is 1.95 bits per heavy atom. The van der Waals surface area contributed by atoms with Crippen molar-refractivity contribution in [2.75, 3.05) is 12.4 Å². The van der Waals surface area contributed by atoms with Gasteiger partial charge in [-0.15, -0.1) is 11.3 Å². The predicted octanol–water partition coefficient (Wildman–Crippen LogP) is 4.50. The maximum Gasteiger partial charge on any atom is 0.181 e. The van der Waals surface area contributed by atoms with Gasteiger partial charge in [-0.25, -0.2) is 15.0 Å². The van der Waals surface area contributed by atoms with Gasteiger partial charge in [-0.05, 0) is 29.0 Å². The summed E-state index contributed by atoms with van der Waals surface area (Å²) in [5, 5.41) is 6.33. The van der Waals surface area contributed by atoms with E-state index in [2.05, 4.69) is 66.0 Å². The molecule has 0 aliphatic rings. The smallest absolute Gasteiger partial charge is 0.181 e. The van der Waals surface area contributed by atoms with Crippen molar-refractivity contribution in [3.8, 4) is 11.5 Å². The molecule has 0 spiro atoms. The molecule has 0 bridgehead atoms. The van der Waals surface area contributed by atoms with Crippen LogP contribution >= 0.6 is 33.9 Å². The number of aryl methyl sites for hydroxylation is 1. The summed E-state index contributed by atoms with van der Waals surface area (Å²) in [6, 6.07) is 0. The van der Waals surface area contributed by atoms with E-state index in [1.807, 2.05) is 7.05 Å². The van der Waals surface area contributed by atoms with Crippen LogP contribution in [0.25, 0.3) is 11.5 Å². The van der Waals surface area contributed by atoms with E-state index in [1.165, 1.54) is 0 Å². The van der Waals surface area contributed by atoms with Crippen LogP contribution in [-0.4, -0.2) is 22.0 Å². The van der Waals surface area contributed by atoms with Gasteiger partial charge in [0.2, 0.25) is 0 Å². The van der Waals surface area contributed by atoms with Gasteiger partial charge in [0.25, 0.3) is 0 Å². The molecule has 6 heteroatoms. The zero-order valence-corrected chi connectivity index (χ0v) is 16.1. The van der Waals surface area contributed by atoms with E-state index < -0.39 is 0 Å². The van der Waals surface area contributed by atoms with Crippen molar-refractivity contribution in [3.63, 3.8) is 0 Å². The molecule has 2 aromatic rings. The molecule has 0 aliphatic heterocycles. The summed E-state index contributed by atoms with van der Waals surface area (Å²) in [4.78, 5) is 14.1. The Morgan fingerprint density at radius 3 is 2.48 bits per heavy atom. The minimum absolute atomic E-state index is 0.0597. The van der Waals surface area contributed by atoms with Gasteiger partial charge in [-0.2, -0.15) is 0 Å². The van der Waals surface area contributed by atoms with Crippen LogP contribution < -0.4 is 5.32 Å². The second kappa shape index (κ2) is 6.56. The second-order valence-corrected chi connectivity index (χ2v) is 7.88. The van der Waals surface area contributed by atoms with Crippen molar-refractivity contribution in [2.24, 2.45) is 0 Å². The maximum absolute atomic E-state index is 4.72. The minimum atomic E-state index is 0.0597. The van der Waals surface area contributed by atoms with Gasteiger partial charge in [0.05, 0.1) is 14.3 Å². The fourth-order valence-corrected chi connectivity index (χ4v) is 3.56. The molecular formula is C15H21IN4S. The predicted molar refractivity (Wildman–Crippen MR) is 98.1 cm³/mol. The van der Waals surface area contributed by atoms with E-state index in [0.717, 1.165) is 44.4 Å². The quantitative estimate of drug-likeness (QED) is 0.746. The molecule has 0 atom stereocenters. The zero-order chi connectivity index (χ0) is 15.6. The lowest BCUT2D eigenvalue weighted by Crippen LogP contribution is -2.10. The Bertz CT molecular complexity index is 631. The first kappa shape index (κ1) is 16.6. The van der Waals surface area contributed by atoms with E-state index in [1.54, 1.807) is 11.3 Å². The highest BCUT2D eigenvalue weighted by Crippen LogP contribution is 2.30. The highest BCUT2D eigenvalue weighted by molar-refractivity contribution is 14.1. The lowest BCUT2D eigenvalue weighted by atomic mass is 9.98. The average Bonchev–Trinajstić information content (AvgIpc) is 2.91. The van der Waals surface area contributed by atoms with Crippen molar-refractivity contribution in [2.45, 2.75) is 46.0 Å². The Morgan fingerprint density at radius 1 is 1.24 bits per heavy atom. The third kappa shape index (κ3) is 3.71. The molecule has 0 radical (unpaired) electrons. The van der Waals surface area contributed by atoms with E-state index in [-0.39, 0.29) is 5.41 Å². The normalized spacial score (nSPS) is 11.7. The van der Waals surface area contributed by atoms with Crippen LogP contribution in [0.3, 0.4) is 0 Å². The summed E-state index contributed by atoms with van der Waals surface area (Å²) in [6.07, 6.45) is 2.03. The lowest BCUT2D eigenvalue weighted by Gasteiger charge is -2.13. The molecule has 2 rings (SSSR count). The first-order chi connectivity index (χ1) is 9.86. The molecule has 4 nitrogen and oxygen atoms in total. The third-order valence-corrected chi connectivity index (χ3v) is 5.42. The Kier molecular flexibility index (Phi) is 5.19. The van der Waals surface area contributed by atoms with Crippen LogP contribution in [0.5, 0.6) is 0 Å². The number of nitrogens with one attached hydrogen (secondary N) is 1. The Hall–Kier alpha value is -0.760. The van der Waals surface area contributed by atoms with Crippen LogP contribution in [0.4, 0.5) is 5.82 Å². The first-order valence-electron chi connectivity index (χ1n) is 7.07. The van der Waals surface area contributed by atoms with Crippen molar-refractivity contribution in [1.29, 1.82) is 0 Å². The van der Waals surface area contributed by atoms with Crippen molar-refractivity contribution < 1.29 is 0 Å². The molecule has 114 valence electrons. The molecule has 21 heavy (non-hydrogen) atoms. The molecule has 0 saturated carbocycles. The van der Waals surface area contributed by atoms with Gasteiger partial charge in [-0.3, -0.25) is 0 Å². The van der Waals surface area contributed by atoms with Gasteiger partial charge >= 0.3 is 0 Å². The fourth-order valence-electron chi connectivity index (χ4n) is 1.90. The molecule has 2 aromatic heterocycles. The number of nitrogens with zero attached hydrogens (tertiary/aromatic N) is 3. The molecule has 0 fully saturated rings. The van der Waals surface area contributed by atoms with Crippen LogP contribution in [0.1, 0.15) is 44.8 Å². The summed E-state index contributed by atoms with van der Waals surface area (Å²) >= 11 is 3.99. The van der Waals surface area contributed by atoms with Crippen molar-refractivity contribution >= 4 is 39.7 Å². The minimum Gasteiger partial charge on any atom is -0.372 e. The van der Waals surface area contributed by atoms with Crippen molar-refractivity contribution in [3.05, 3.63) is 19.7 Å². The molecule has 2 heterocycles. The highest BCUT2D eigenvalue weighted by atomic mass is 127. The molecule has 0 aliphatic carbocycles. The first-order valence-corrected chi connectivity index (χ1v) is 9.03. The number of hydrogen-bond acceptors (Lipinski definition) is 5. The summed E-state index contributed by atoms with van der Waals surface area (Å²) < 4.78 is 1.10. The van der Waals surface area contributed by atoms with Gasteiger partial charge in [-0.1, -0.05) is 34.1 Å². The van der Waals surface area contributed by atoms with Gasteiger partial charge in [0.1, 0.15) is 11.5 Å². The number of aromatic nitrogens is 3. The van der Waals surface area contributed by atoms with Crippen molar-refractivity contribution in [1.82, 2.24) is 15.0 Å². The van der Waals surface area contributed by atoms with E-state index >= 15 is 0 Å². The van der Waals surface area contributed by atoms with Crippen LogP contribution in [0.15, 0.2) is 5.38 Å². The molecule has 0 saturated heterocycles. The maximum atomic E-state index is 4.72. The van der Waals surface area contributed by atoms with Crippen LogP contribution in [0.2, 0.25) is 0 Å². The molecule has 1 N–H and O–H groups in total. The number of halogens is 1. The largest absolute Gasteiger partial charge is 0.372 e. The number of thiazole rings is 1. The van der Waals surface area contributed by atoms with Crippen LogP contribution in [0, 0.1) is 3.57 Å². The van der Waals surface area contributed by atoms with Gasteiger partial charge in [0, 0.05) is 17.8 Å². The Labute approximate surface area is 144 Å². The SMILES string of the molecule is CCCc1nc(-c2csc(C(C)(C)C)n2)nc(NC)c1I. The van der Waals surface area contributed by atoms with Gasteiger partial charge in [0.15, 0.2) is 5.82 Å². The lowest BCUT2D eigenvalue weighted by molar-refractivity contribution is 0.586. The average molecular weight is 416 g/mol. The highest BCUT2D eigenvalue weighted by Gasteiger charge is 2.20. The summed E-state index contributed by atoms with van der Waals surface area (Å²) in [7, 11) is 1.89. The molecule has 0 aromatic carbocycles. The third-order valence-electron chi connectivity index (χ3n) is 3.02. The number of rotatable bonds is 4. The van der Waals surface area contributed by atoms with E-state index in [0.29, 0.717) is 0 Å². The van der Waals surface area contributed by atoms with Gasteiger partial charge < -0.3 is 5.32 Å². The summed E-state index contributed by atoms with van der Waals surface area (Å²) in [5.41, 5.74) is 2.03. The molecule has 0 unspecified atom stereocenters. The molecule has 0 amide bonds. The number of anilines is 1. The summed E-state index contributed by atoms with van der Waals surface area (Å²) in [5.74, 6) is 1.60. The second-order valence-electron chi connectivity index (χ2n) is 5.94. The fraction of sp³-hybridized carbons (Fsp3) is 0.533. The van der Waals surface area contributed by atoms with E-state index in [9.17, 15) is 0 Å². The zero-order valence-electron chi connectivity index (χ0n) is 13.1. The van der Waals surface area contributed by atoms with Crippen LogP contribution in [-0.2, 0) is 11.8 Å².